The quantitative estimate of drug-likeness (QED) is 0.851. The van der Waals surface area contributed by atoms with Gasteiger partial charge in [0.1, 0.15) is 5.82 Å². The molecule has 2 rings (SSSR count). The van der Waals surface area contributed by atoms with Gasteiger partial charge >= 0.3 is 0 Å². The molecule has 0 atom stereocenters. The minimum absolute atomic E-state index is 0.234. The van der Waals surface area contributed by atoms with E-state index in [-0.39, 0.29) is 11.6 Å². The van der Waals surface area contributed by atoms with Gasteiger partial charge in [-0.2, -0.15) is 0 Å². The van der Waals surface area contributed by atoms with Crippen molar-refractivity contribution in [1.29, 1.82) is 0 Å². The topological polar surface area (TPSA) is 25.4 Å². The summed E-state index contributed by atoms with van der Waals surface area (Å²) in [6.07, 6.45) is 1.72. The highest BCUT2D eigenvalue weighted by Crippen LogP contribution is 2.29. The molecule has 0 bridgehead atoms. The third-order valence-corrected chi connectivity index (χ3v) is 3.29. The molecular formula is C14H14BrFN2O. The zero-order chi connectivity index (χ0) is 14.0. The van der Waals surface area contributed by atoms with Crippen LogP contribution in [-0.4, -0.2) is 19.1 Å². The Labute approximate surface area is 120 Å². The predicted molar refractivity (Wildman–Crippen MR) is 77.7 cm³/mol. The summed E-state index contributed by atoms with van der Waals surface area (Å²) in [5.41, 5.74) is 1.73. The molecule has 3 nitrogen and oxygen atoms in total. The number of anilines is 2. The van der Waals surface area contributed by atoms with Crippen molar-refractivity contribution in [3.63, 3.8) is 0 Å². The largest absolute Gasteiger partial charge is 0.494 e. The standard InChI is InChI=1S/C14H14BrFN2O/c1-9-6-10(15)8-17-14(9)18(2)11-4-5-13(19-3)12(16)7-11/h4-8H,1-3H3. The Balaban J connectivity index is 2.38. The Hall–Kier alpha value is -1.62. The van der Waals surface area contributed by atoms with Gasteiger partial charge in [-0.15, -0.1) is 0 Å². The maximum Gasteiger partial charge on any atom is 0.167 e. The van der Waals surface area contributed by atoms with E-state index < -0.39 is 0 Å². The second-order valence-corrected chi connectivity index (χ2v) is 5.09. The lowest BCUT2D eigenvalue weighted by Crippen LogP contribution is -2.13. The molecule has 0 amide bonds. The lowest BCUT2D eigenvalue weighted by atomic mass is 10.2. The van der Waals surface area contributed by atoms with E-state index in [0.29, 0.717) is 0 Å². The first kappa shape index (κ1) is 13.8. The van der Waals surface area contributed by atoms with Crippen LogP contribution in [0, 0.1) is 12.7 Å². The van der Waals surface area contributed by atoms with Crippen LogP contribution in [-0.2, 0) is 0 Å². The summed E-state index contributed by atoms with van der Waals surface area (Å²) in [6.45, 7) is 1.96. The van der Waals surface area contributed by atoms with E-state index >= 15 is 0 Å². The van der Waals surface area contributed by atoms with Crippen LogP contribution in [0.15, 0.2) is 34.9 Å². The van der Waals surface area contributed by atoms with Gasteiger partial charge in [0.05, 0.1) is 7.11 Å². The van der Waals surface area contributed by atoms with Crippen LogP contribution in [0.3, 0.4) is 0 Å². The summed E-state index contributed by atoms with van der Waals surface area (Å²) in [7, 11) is 3.30. The first-order chi connectivity index (χ1) is 9.02. The number of pyridine rings is 1. The molecule has 0 fully saturated rings. The van der Waals surface area contributed by atoms with Gasteiger partial charge < -0.3 is 9.64 Å². The minimum atomic E-state index is -0.387. The Morgan fingerprint density at radius 1 is 1.32 bits per heavy atom. The number of methoxy groups -OCH3 is 1. The van der Waals surface area contributed by atoms with Crippen molar-refractivity contribution < 1.29 is 9.13 Å². The Morgan fingerprint density at radius 2 is 2.05 bits per heavy atom. The van der Waals surface area contributed by atoms with Crippen molar-refractivity contribution >= 4 is 27.4 Å². The molecule has 1 aromatic heterocycles. The highest BCUT2D eigenvalue weighted by Gasteiger charge is 2.11. The molecule has 5 heteroatoms. The van der Waals surface area contributed by atoms with Crippen LogP contribution >= 0.6 is 15.9 Å². The van der Waals surface area contributed by atoms with E-state index in [1.807, 2.05) is 24.9 Å². The second-order valence-electron chi connectivity index (χ2n) is 4.17. The monoisotopic (exact) mass is 324 g/mol. The predicted octanol–water partition coefficient (Wildman–Crippen LogP) is 4.07. The molecule has 0 saturated carbocycles. The van der Waals surface area contributed by atoms with Gasteiger partial charge in [0.15, 0.2) is 11.6 Å². The van der Waals surface area contributed by atoms with Crippen molar-refractivity contribution in [2.75, 3.05) is 19.1 Å². The number of ether oxygens (including phenoxy) is 1. The summed E-state index contributed by atoms with van der Waals surface area (Å²) in [4.78, 5) is 6.19. The number of rotatable bonds is 3. The third-order valence-electron chi connectivity index (χ3n) is 2.86. The molecule has 0 unspecified atom stereocenters. The van der Waals surface area contributed by atoms with Crippen LogP contribution in [0.4, 0.5) is 15.9 Å². The number of aryl methyl sites for hydroxylation is 1. The van der Waals surface area contributed by atoms with E-state index in [1.54, 1.807) is 18.3 Å². The molecule has 2 aromatic rings. The average molecular weight is 325 g/mol. The highest BCUT2D eigenvalue weighted by molar-refractivity contribution is 9.10. The lowest BCUT2D eigenvalue weighted by Gasteiger charge is -2.20. The number of hydrogen-bond donors (Lipinski definition) is 0. The molecule has 0 radical (unpaired) electrons. The summed E-state index contributed by atoms with van der Waals surface area (Å²) in [6, 6.07) is 6.81. The third kappa shape index (κ3) is 2.87. The number of aromatic nitrogens is 1. The van der Waals surface area contributed by atoms with E-state index in [4.69, 9.17) is 4.74 Å². The summed E-state index contributed by atoms with van der Waals surface area (Å²) >= 11 is 3.37. The molecule has 19 heavy (non-hydrogen) atoms. The zero-order valence-electron chi connectivity index (χ0n) is 10.9. The SMILES string of the molecule is COc1ccc(N(C)c2ncc(Br)cc2C)cc1F. The first-order valence-corrected chi connectivity index (χ1v) is 6.51. The lowest BCUT2D eigenvalue weighted by molar-refractivity contribution is 0.386. The van der Waals surface area contributed by atoms with E-state index in [9.17, 15) is 4.39 Å². The van der Waals surface area contributed by atoms with Crippen LogP contribution in [0.5, 0.6) is 5.75 Å². The van der Waals surface area contributed by atoms with Gasteiger partial charge in [-0.25, -0.2) is 9.37 Å². The van der Waals surface area contributed by atoms with Crippen LogP contribution in [0.25, 0.3) is 0 Å². The van der Waals surface area contributed by atoms with Crippen molar-refractivity contribution in [1.82, 2.24) is 4.98 Å². The average Bonchev–Trinajstić information content (AvgIpc) is 2.38. The molecular weight excluding hydrogens is 311 g/mol. The van der Waals surface area contributed by atoms with Gasteiger partial charge in [-0.3, -0.25) is 0 Å². The number of benzene rings is 1. The Bertz CT molecular complexity index is 604. The minimum Gasteiger partial charge on any atom is -0.494 e. The van der Waals surface area contributed by atoms with Gasteiger partial charge in [-0.1, -0.05) is 0 Å². The first-order valence-electron chi connectivity index (χ1n) is 5.72. The molecule has 0 aliphatic rings. The molecule has 0 saturated heterocycles. The smallest absolute Gasteiger partial charge is 0.167 e. The summed E-state index contributed by atoms with van der Waals surface area (Å²) in [5, 5.41) is 0. The highest BCUT2D eigenvalue weighted by atomic mass is 79.9. The maximum absolute atomic E-state index is 13.7. The zero-order valence-corrected chi connectivity index (χ0v) is 12.5. The van der Waals surface area contributed by atoms with Crippen LogP contribution < -0.4 is 9.64 Å². The van der Waals surface area contributed by atoms with Gasteiger partial charge in [0.25, 0.3) is 0 Å². The van der Waals surface area contributed by atoms with Crippen LogP contribution in [0.1, 0.15) is 5.56 Å². The normalized spacial score (nSPS) is 10.4. The molecule has 0 spiro atoms. The van der Waals surface area contributed by atoms with Crippen molar-refractivity contribution in [3.8, 4) is 5.75 Å². The number of nitrogens with zero attached hydrogens (tertiary/aromatic N) is 2. The second kappa shape index (κ2) is 5.57. The molecule has 100 valence electrons. The van der Waals surface area contributed by atoms with Crippen molar-refractivity contribution in [2.45, 2.75) is 6.92 Å². The summed E-state index contributed by atoms with van der Waals surface area (Å²) in [5.74, 6) is 0.631. The van der Waals surface area contributed by atoms with Crippen LogP contribution in [0.2, 0.25) is 0 Å². The molecule has 1 aromatic carbocycles. The fourth-order valence-corrected chi connectivity index (χ4v) is 2.32. The molecule has 0 aliphatic carbocycles. The maximum atomic E-state index is 13.7. The molecule has 0 N–H and O–H groups in total. The van der Waals surface area contributed by atoms with Gasteiger partial charge in [0.2, 0.25) is 0 Å². The molecule has 0 aliphatic heterocycles. The number of halogens is 2. The van der Waals surface area contributed by atoms with Crippen molar-refractivity contribution in [2.24, 2.45) is 0 Å². The Morgan fingerprint density at radius 3 is 2.63 bits per heavy atom. The van der Waals surface area contributed by atoms with E-state index in [2.05, 4.69) is 20.9 Å². The Kier molecular flexibility index (Phi) is 4.04. The van der Waals surface area contributed by atoms with Gasteiger partial charge in [0, 0.05) is 29.5 Å². The fraction of sp³-hybridized carbons (Fsp3) is 0.214. The van der Waals surface area contributed by atoms with Gasteiger partial charge in [-0.05, 0) is 46.6 Å². The van der Waals surface area contributed by atoms with E-state index in [0.717, 1.165) is 21.5 Å². The van der Waals surface area contributed by atoms with E-state index in [1.165, 1.54) is 13.2 Å². The fourth-order valence-electron chi connectivity index (χ4n) is 1.87. The number of hydrogen-bond acceptors (Lipinski definition) is 3. The molecule has 1 heterocycles. The summed E-state index contributed by atoms with van der Waals surface area (Å²) < 4.78 is 19.5. The van der Waals surface area contributed by atoms with Crippen molar-refractivity contribution in [3.05, 3.63) is 46.3 Å².